The predicted octanol–water partition coefficient (Wildman–Crippen LogP) is 3.54. The highest BCUT2D eigenvalue weighted by molar-refractivity contribution is 14.1. The third kappa shape index (κ3) is 3.25. The summed E-state index contributed by atoms with van der Waals surface area (Å²) in [5.74, 6) is -0.960. The zero-order chi connectivity index (χ0) is 13.0. The zero-order valence-electron chi connectivity index (χ0n) is 8.84. The third-order valence-corrected chi connectivity index (χ3v) is 3.19. The second-order valence-corrected chi connectivity index (χ2v) is 4.43. The summed E-state index contributed by atoms with van der Waals surface area (Å²) in [5, 5.41) is 0. The highest BCUT2D eigenvalue weighted by atomic mass is 127. The number of pyridine rings is 1. The van der Waals surface area contributed by atoms with E-state index in [0.29, 0.717) is 3.57 Å². The first-order valence-corrected chi connectivity index (χ1v) is 6.32. The van der Waals surface area contributed by atoms with Gasteiger partial charge in [0, 0.05) is 15.6 Å². The van der Waals surface area contributed by atoms with Crippen molar-refractivity contribution < 1.29 is 18.3 Å². The average Bonchev–Trinajstić information content (AvgIpc) is 2.28. The molecule has 1 rings (SSSR count). The number of carbonyl (C=O) groups excluding carboxylic acids is 1. The molecule has 0 aliphatic carbocycles. The van der Waals surface area contributed by atoms with Crippen LogP contribution in [-0.4, -0.2) is 17.6 Å². The summed E-state index contributed by atoms with van der Waals surface area (Å²) in [6.45, 7) is 1.69. The molecule has 0 radical (unpaired) electrons. The number of halogens is 4. The van der Waals surface area contributed by atoms with Gasteiger partial charge in [-0.05, 0) is 35.1 Å². The number of ether oxygens (including phenoxy) is 1. The molecule has 1 heterocycles. The van der Waals surface area contributed by atoms with Gasteiger partial charge < -0.3 is 4.74 Å². The van der Waals surface area contributed by atoms with E-state index in [1.165, 1.54) is 6.20 Å². The quantitative estimate of drug-likeness (QED) is 0.459. The lowest BCUT2D eigenvalue weighted by Crippen LogP contribution is -2.13. The second kappa shape index (κ2) is 6.44. The van der Waals surface area contributed by atoms with E-state index < -0.39 is 18.0 Å². The summed E-state index contributed by atoms with van der Waals surface area (Å²) in [7, 11) is 0. The molecular formula is C10H9ClF2INO2. The topological polar surface area (TPSA) is 39.2 Å². The molecule has 0 amide bonds. The fourth-order valence-electron chi connectivity index (χ4n) is 1.27. The van der Waals surface area contributed by atoms with Crippen molar-refractivity contribution in [1.29, 1.82) is 0 Å². The maximum Gasteiger partial charge on any atom is 0.357 e. The maximum atomic E-state index is 12.9. The first kappa shape index (κ1) is 14.6. The molecule has 0 spiro atoms. The number of rotatable bonds is 4. The summed E-state index contributed by atoms with van der Waals surface area (Å²) in [5.41, 5.74) is -0.580. The van der Waals surface area contributed by atoms with E-state index in [9.17, 15) is 13.6 Å². The summed E-state index contributed by atoms with van der Waals surface area (Å²) < 4.78 is 31.1. The molecule has 94 valence electrons. The van der Waals surface area contributed by atoms with Crippen molar-refractivity contribution in [2.24, 2.45) is 0 Å². The normalized spacial score (nSPS) is 10.7. The van der Waals surface area contributed by atoms with Crippen LogP contribution in [0.3, 0.4) is 0 Å². The molecule has 0 N–H and O–H groups in total. The minimum Gasteiger partial charge on any atom is -0.461 e. The van der Waals surface area contributed by atoms with E-state index in [1.807, 2.05) is 22.6 Å². The molecule has 0 aromatic carbocycles. The Balaban J connectivity index is 3.35. The van der Waals surface area contributed by atoms with Crippen molar-refractivity contribution >= 4 is 40.2 Å². The van der Waals surface area contributed by atoms with Gasteiger partial charge in [-0.25, -0.2) is 18.6 Å². The molecule has 0 atom stereocenters. The van der Waals surface area contributed by atoms with Gasteiger partial charge in [0.05, 0.1) is 12.2 Å². The Kier molecular flexibility index (Phi) is 5.51. The lowest BCUT2D eigenvalue weighted by Gasteiger charge is -2.12. The fraction of sp³-hybridized carbons (Fsp3) is 0.400. The summed E-state index contributed by atoms with van der Waals surface area (Å²) in [6.07, 6.45) is -1.48. The molecule has 7 heteroatoms. The summed E-state index contributed by atoms with van der Waals surface area (Å²) in [4.78, 5) is 15.2. The fourth-order valence-corrected chi connectivity index (χ4v) is 2.41. The molecule has 0 unspecified atom stereocenters. The molecule has 0 fully saturated rings. The number of hydrogen-bond acceptors (Lipinski definition) is 3. The summed E-state index contributed by atoms with van der Waals surface area (Å²) in [6, 6.07) is 0. The van der Waals surface area contributed by atoms with Gasteiger partial charge in [0.15, 0.2) is 5.69 Å². The maximum absolute atomic E-state index is 12.9. The minimum absolute atomic E-state index is 0.103. The Morgan fingerprint density at radius 1 is 1.65 bits per heavy atom. The van der Waals surface area contributed by atoms with E-state index in [-0.39, 0.29) is 23.7 Å². The van der Waals surface area contributed by atoms with E-state index in [2.05, 4.69) is 9.72 Å². The first-order valence-electron chi connectivity index (χ1n) is 4.71. The van der Waals surface area contributed by atoms with Crippen molar-refractivity contribution in [2.75, 3.05) is 6.61 Å². The van der Waals surface area contributed by atoms with Gasteiger partial charge in [0.25, 0.3) is 6.43 Å². The van der Waals surface area contributed by atoms with Gasteiger partial charge in [0.1, 0.15) is 0 Å². The Labute approximate surface area is 116 Å². The molecule has 0 aliphatic rings. The number of hydrogen-bond donors (Lipinski definition) is 0. The SMILES string of the molecule is CCOC(=O)c1ncc(I)c(CCl)c1C(F)F. The van der Waals surface area contributed by atoms with Gasteiger partial charge in [-0.15, -0.1) is 11.6 Å². The molecule has 1 aromatic rings. The van der Waals surface area contributed by atoms with Gasteiger partial charge >= 0.3 is 5.97 Å². The highest BCUT2D eigenvalue weighted by Crippen LogP contribution is 2.30. The van der Waals surface area contributed by atoms with Crippen LogP contribution in [0.1, 0.15) is 35.0 Å². The highest BCUT2D eigenvalue weighted by Gasteiger charge is 2.25. The number of aromatic nitrogens is 1. The van der Waals surface area contributed by atoms with E-state index in [1.54, 1.807) is 6.92 Å². The van der Waals surface area contributed by atoms with Crippen LogP contribution in [0.5, 0.6) is 0 Å². The Morgan fingerprint density at radius 2 is 2.29 bits per heavy atom. The van der Waals surface area contributed by atoms with Crippen LogP contribution in [0, 0.1) is 3.57 Å². The molecule has 0 aliphatic heterocycles. The Morgan fingerprint density at radius 3 is 2.76 bits per heavy atom. The molecule has 0 saturated heterocycles. The van der Waals surface area contributed by atoms with Gasteiger partial charge in [-0.3, -0.25) is 0 Å². The minimum atomic E-state index is -2.81. The monoisotopic (exact) mass is 375 g/mol. The average molecular weight is 376 g/mol. The standard InChI is InChI=1S/C10H9ClF2INO2/c1-2-17-10(16)8-7(9(12)13)5(3-11)6(14)4-15-8/h4,9H,2-3H2,1H3. The number of alkyl halides is 3. The Bertz CT molecular complexity index is 429. The third-order valence-electron chi connectivity index (χ3n) is 2.00. The van der Waals surface area contributed by atoms with Crippen LogP contribution in [0.25, 0.3) is 0 Å². The van der Waals surface area contributed by atoms with E-state index in [4.69, 9.17) is 11.6 Å². The van der Waals surface area contributed by atoms with Crippen LogP contribution >= 0.6 is 34.2 Å². The van der Waals surface area contributed by atoms with Crippen molar-refractivity contribution in [3.05, 3.63) is 26.6 Å². The largest absolute Gasteiger partial charge is 0.461 e. The lowest BCUT2D eigenvalue weighted by atomic mass is 10.1. The van der Waals surface area contributed by atoms with Crippen LogP contribution in [-0.2, 0) is 10.6 Å². The smallest absolute Gasteiger partial charge is 0.357 e. The zero-order valence-corrected chi connectivity index (χ0v) is 11.8. The molecule has 1 aromatic heterocycles. The van der Waals surface area contributed by atoms with Crippen LogP contribution in [0.15, 0.2) is 6.20 Å². The molecular weight excluding hydrogens is 366 g/mol. The first-order chi connectivity index (χ1) is 8.02. The van der Waals surface area contributed by atoms with E-state index in [0.717, 1.165) is 0 Å². The molecule has 3 nitrogen and oxygen atoms in total. The van der Waals surface area contributed by atoms with Crippen molar-refractivity contribution in [3.63, 3.8) is 0 Å². The predicted molar refractivity (Wildman–Crippen MR) is 67.4 cm³/mol. The Hall–Kier alpha value is -0.500. The lowest BCUT2D eigenvalue weighted by molar-refractivity contribution is 0.0507. The van der Waals surface area contributed by atoms with Crippen molar-refractivity contribution in [3.8, 4) is 0 Å². The van der Waals surface area contributed by atoms with Crippen LogP contribution in [0.4, 0.5) is 8.78 Å². The van der Waals surface area contributed by atoms with Gasteiger partial charge in [-0.1, -0.05) is 0 Å². The van der Waals surface area contributed by atoms with Gasteiger partial charge in [-0.2, -0.15) is 0 Å². The molecule has 17 heavy (non-hydrogen) atoms. The number of carbonyl (C=O) groups is 1. The molecule has 0 saturated carbocycles. The van der Waals surface area contributed by atoms with Crippen LogP contribution in [0.2, 0.25) is 0 Å². The van der Waals surface area contributed by atoms with Crippen molar-refractivity contribution in [2.45, 2.75) is 19.2 Å². The second-order valence-electron chi connectivity index (χ2n) is 3.00. The van der Waals surface area contributed by atoms with Crippen molar-refractivity contribution in [1.82, 2.24) is 4.98 Å². The number of esters is 1. The molecule has 0 bridgehead atoms. The van der Waals surface area contributed by atoms with Crippen LogP contribution < -0.4 is 0 Å². The van der Waals surface area contributed by atoms with E-state index >= 15 is 0 Å². The van der Waals surface area contributed by atoms with Gasteiger partial charge in [0.2, 0.25) is 0 Å². The number of nitrogens with zero attached hydrogens (tertiary/aromatic N) is 1. The summed E-state index contributed by atoms with van der Waals surface area (Å²) >= 11 is 7.47.